The van der Waals surface area contributed by atoms with E-state index >= 15 is 0 Å². The van der Waals surface area contributed by atoms with Crippen LogP contribution < -0.4 is 18.1 Å². The summed E-state index contributed by atoms with van der Waals surface area (Å²) in [5, 5.41) is -0.579. The number of quaternary nitrogens is 1. The Bertz CT molecular complexity index is 501. The average molecular weight is 400 g/mol. The molecule has 5 atom stereocenters. The summed E-state index contributed by atoms with van der Waals surface area (Å²) >= 11 is 1.14. The van der Waals surface area contributed by atoms with E-state index in [-0.39, 0.29) is 19.0 Å². The van der Waals surface area contributed by atoms with Gasteiger partial charge in [0.05, 0.1) is 5.25 Å². The molecule has 0 spiro atoms. The minimum absolute atomic E-state index is 0. The molecule has 0 amide bonds. The largest absolute Gasteiger partial charge is 1.00 e. The van der Waals surface area contributed by atoms with Crippen LogP contribution in [0.5, 0.6) is 0 Å². The summed E-state index contributed by atoms with van der Waals surface area (Å²) in [7, 11) is 0. The van der Waals surface area contributed by atoms with E-state index < -0.39 is 52.8 Å². The molecule has 0 aromatic rings. The van der Waals surface area contributed by atoms with Crippen molar-refractivity contribution >= 4 is 35.6 Å². The third-order valence-corrected chi connectivity index (χ3v) is 4.58. The summed E-state index contributed by atoms with van der Waals surface area (Å²) < 4.78 is 20.7. The molecule has 1 fully saturated rings. The first-order chi connectivity index (χ1) is 11.1. The normalized spacial score (nSPS) is 28.1. The third-order valence-electron chi connectivity index (χ3n) is 3.11. The maximum absolute atomic E-state index is 11.4. The van der Waals surface area contributed by atoms with Crippen LogP contribution in [0.15, 0.2) is 0 Å². The molecule has 144 valence electrons. The quantitative estimate of drug-likeness (QED) is 0.363. The highest BCUT2D eigenvalue weighted by molar-refractivity contribution is 8.00. The number of hydrogen-bond donors (Lipinski definition) is 1. The van der Waals surface area contributed by atoms with Crippen molar-refractivity contribution in [2.24, 2.45) is 0 Å². The van der Waals surface area contributed by atoms with E-state index in [2.05, 4.69) is 5.73 Å². The first-order valence-corrected chi connectivity index (χ1v) is 8.19. The number of thioether (sulfide) groups is 1. The van der Waals surface area contributed by atoms with Gasteiger partial charge in [-0.25, -0.2) is 0 Å². The molecular formula is C14H22ClNO8S. The molecule has 0 aromatic carbocycles. The second-order valence-corrected chi connectivity index (χ2v) is 6.61. The molecule has 3 N–H and O–H groups in total. The predicted molar refractivity (Wildman–Crippen MR) is 81.4 cm³/mol. The zero-order chi connectivity index (χ0) is 18.4. The van der Waals surface area contributed by atoms with Gasteiger partial charge in [0.15, 0.2) is 18.2 Å². The molecule has 1 saturated heterocycles. The second kappa shape index (κ2) is 10.5. The monoisotopic (exact) mass is 399 g/mol. The van der Waals surface area contributed by atoms with E-state index in [0.29, 0.717) is 0 Å². The van der Waals surface area contributed by atoms with E-state index in [0.717, 1.165) is 11.8 Å². The number of halogens is 1. The van der Waals surface area contributed by atoms with Crippen LogP contribution in [0.1, 0.15) is 27.7 Å². The Hall–Kier alpha value is -1.52. The lowest BCUT2D eigenvalue weighted by atomic mass is 10.0. The summed E-state index contributed by atoms with van der Waals surface area (Å²) in [5.41, 5.74) is 3.14. The summed E-state index contributed by atoms with van der Waals surface area (Å²) in [6.45, 7) is 4.81. The number of rotatable bonds is 5. The van der Waals surface area contributed by atoms with Gasteiger partial charge >= 0.3 is 23.9 Å². The van der Waals surface area contributed by atoms with Crippen LogP contribution in [0, 0.1) is 0 Å². The van der Waals surface area contributed by atoms with Gasteiger partial charge in [-0.1, -0.05) is 0 Å². The molecule has 1 heterocycles. The first-order valence-electron chi connectivity index (χ1n) is 7.25. The molecule has 0 saturated carbocycles. The van der Waals surface area contributed by atoms with Gasteiger partial charge < -0.3 is 37.1 Å². The van der Waals surface area contributed by atoms with Crippen LogP contribution >= 0.6 is 11.8 Å². The second-order valence-electron chi connectivity index (χ2n) is 5.27. The standard InChI is InChI=1S/C14H21NO8S.ClH/c1-6(16)20-5-10-12(21-7(2)17)13(22-8(3)18)11(15)14(24-10)23-9(4)19;/h10-14H,5,15H2,1-4H3;1H/t10-,11-,12-,13-,14+;/m1./s1. The Balaban J connectivity index is 0.00000576. The molecule has 1 rings (SSSR count). The molecule has 0 aromatic heterocycles. The van der Waals surface area contributed by atoms with Gasteiger partial charge in [-0.3, -0.25) is 19.2 Å². The van der Waals surface area contributed by atoms with Crippen molar-refractivity contribution in [3.63, 3.8) is 0 Å². The molecule has 0 bridgehead atoms. The van der Waals surface area contributed by atoms with Crippen molar-refractivity contribution in [2.45, 2.75) is 56.6 Å². The van der Waals surface area contributed by atoms with Gasteiger partial charge in [0.2, 0.25) is 5.44 Å². The zero-order valence-electron chi connectivity index (χ0n) is 14.4. The van der Waals surface area contributed by atoms with Gasteiger partial charge in [-0.2, -0.15) is 0 Å². The number of carbonyl (C=O) groups is 4. The van der Waals surface area contributed by atoms with Crippen LogP contribution in [-0.4, -0.2) is 59.4 Å². The van der Waals surface area contributed by atoms with Crippen molar-refractivity contribution in [1.29, 1.82) is 0 Å². The smallest absolute Gasteiger partial charge is 0.303 e. The number of ether oxygens (including phenoxy) is 4. The summed E-state index contributed by atoms with van der Waals surface area (Å²) in [5.74, 6) is -2.21. The summed E-state index contributed by atoms with van der Waals surface area (Å²) in [6.07, 6.45) is -1.82. The van der Waals surface area contributed by atoms with Crippen LogP contribution in [0.2, 0.25) is 0 Å². The van der Waals surface area contributed by atoms with Crippen LogP contribution in [0.25, 0.3) is 0 Å². The Kier molecular flexibility index (Phi) is 9.83. The molecule has 0 aliphatic carbocycles. The molecule has 11 heteroatoms. The van der Waals surface area contributed by atoms with E-state index in [1.165, 1.54) is 27.7 Å². The fourth-order valence-corrected chi connectivity index (χ4v) is 3.66. The highest BCUT2D eigenvalue weighted by Crippen LogP contribution is 2.35. The molecule has 9 nitrogen and oxygen atoms in total. The number of esters is 4. The lowest BCUT2D eigenvalue weighted by Crippen LogP contribution is -3.00. The van der Waals surface area contributed by atoms with Gasteiger partial charge in [0, 0.05) is 27.7 Å². The highest BCUT2D eigenvalue weighted by Gasteiger charge is 2.52. The summed E-state index contributed by atoms with van der Waals surface area (Å²) in [6, 6.07) is -0.666. The first kappa shape index (κ1) is 23.5. The van der Waals surface area contributed by atoms with E-state index in [9.17, 15) is 19.2 Å². The highest BCUT2D eigenvalue weighted by atomic mass is 35.5. The van der Waals surface area contributed by atoms with Crippen LogP contribution in [0.4, 0.5) is 0 Å². The molecular weight excluding hydrogens is 378 g/mol. The predicted octanol–water partition coefficient (Wildman–Crippen LogP) is -3.97. The number of hydrogen-bond acceptors (Lipinski definition) is 9. The van der Waals surface area contributed by atoms with Gasteiger partial charge in [0.25, 0.3) is 0 Å². The Morgan fingerprint density at radius 3 is 1.76 bits per heavy atom. The topological polar surface area (TPSA) is 133 Å². The van der Waals surface area contributed by atoms with Crippen molar-refractivity contribution < 1.29 is 56.3 Å². The van der Waals surface area contributed by atoms with Gasteiger partial charge in [-0.15, -0.1) is 11.8 Å². The van der Waals surface area contributed by atoms with Crippen LogP contribution in [-0.2, 0) is 38.1 Å². The van der Waals surface area contributed by atoms with Crippen molar-refractivity contribution in [3.8, 4) is 0 Å². The zero-order valence-corrected chi connectivity index (χ0v) is 15.9. The third kappa shape index (κ3) is 7.49. The fraction of sp³-hybridized carbons (Fsp3) is 0.714. The fourth-order valence-electron chi connectivity index (χ4n) is 2.25. The van der Waals surface area contributed by atoms with Crippen molar-refractivity contribution in [1.82, 2.24) is 0 Å². The minimum Gasteiger partial charge on any atom is -1.00 e. The molecule has 0 radical (unpaired) electrons. The van der Waals surface area contributed by atoms with E-state index in [1.54, 1.807) is 0 Å². The SMILES string of the molecule is CC(=O)OC[C@H]1S[C@H](OC(C)=O)[C@H]([NH3+])[C@@H](OC(C)=O)[C@@H]1OC(C)=O.[Cl-]. The number of carbonyl (C=O) groups excluding carboxylic acids is 4. The van der Waals surface area contributed by atoms with Crippen molar-refractivity contribution in [2.75, 3.05) is 6.61 Å². The summed E-state index contributed by atoms with van der Waals surface area (Å²) in [4.78, 5) is 45.2. The maximum Gasteiger partial charge on any atom is 0.303 e. The Morgan fingerprint density at radius 2 is 1.32 bits per heavy atom. The Morgan fingerprint density at radius 1 is 0.840 bits per heavy atom. The van der Waals surface area contributed by atoms with Gasteiger partial charge in [0.1, 0.15) is 6.61 Å². The lowest BCUT2D eigenvalue weighted by Gasteiger charge is -2.40. The van der Waals surface area contributed by atoms with E-state index in [1.807, 2.05) is 0 Å². The Labute approximate surface area is 155 Å². The molecule has 1 aliphatic rings. The lowest BCUT2D eigenvalue weighted by molar-refractivity contribution is -0.452. The molecule has 25 heavy (non-hydrogen) atoms. The van der Waals surface area contributed by atoms with E-state index in [4.69, 9.17) is 18.9 Å². The van der Waals surface area contributed by atoms with Crippen LogP contribution in [0.3, 0.4) is 0 Å². The minimum atomic E-state index is -0.933. The maximum atomic E-state index is 11.4. The van der Waals surface area contributed by atoms with Gasteiger partial charge in [-0.05, 0) is 0 Å². The average Bonchev–Trinajstić information content (AvgIpc) is 2.42. The molecule has 1 aliphatic heterocycles. The molecule has 0 unspecified atom stereocenters. The van der Waals surface area contributed by atoms with Crippen molar-refractivity contribution in [3.05, 3.63) is 0 Å².